The molecule has 0 atom stereocenters. The van der Waals surface area contributed by atoms with Crippen molar-refractivity contribution >= 4 is 11.4 Å². The minimum Gasteiger partial charge on any atom is -0.397 e. The summed E-state index contributed by atoms with van der Waals surface area (Å²) in [6, 6.07) is 11.3. The number of hydrogen-bond acceptors (Lipinski definition) is 2. The zero-order valence-electron chi connectivity index (χ0n) is 11.7. The van der Waals surface area contributed by atoms with Crippen molar-refractivity contribution in [2.75, 3.05) is 11.1 Å². The number of nitrogens with one attached hydrogen (secondary N) is 1. The van der Waals surface area contributed by atoms with Gasteiger partial charge in [-0.1, -0.05) is 31.2 Å². The Balaban J connectivity index is 2.14. The maximum Gasteiger partial charge on any atom is 0.416 e. The van der Waals surface area contributed by atoms with E-state index in [2.05, 4.69) is 12.2 Å². The van der Waals surface area contributed by atoms with Gasteiger partial charge in [-0.25, -0.2) is 0 Å². The van der Waals surface area contributed by atoms with Crippen LogP contribution in [0.5, 0.6) is 0 Å². The molecule has 0 heterocycles. The number of aryl methyl sites for hydroxylation is 1. The molecule has 3 N–H and O–H groups in total. The first-order valence-electron chi connectivity index (χ1n) is 6.69. The average molecular weight is 294 g/mol. The van der Waals surface area contributed by atoms with Crippen molar-refractivity contribution in [2.45, 2.75) is 26.1 Å². The summed E-state index contributed by atoms with van der Waals surface area (Å²) >= 11 is 0. The Labute approximate surface area is 121 Å². The average Bonchev–Trinajstić information content (AvgIpc) is 2.45. The maximum absolute atomic E-state index is 12.6. The van der Waals surface area contributed by atoms with Gasteiger partial charge in [0.25, 0.3) is 0 Å². The van der Waals surface area contributed by atoms with E-state index in [9.17, 15) is 13.2 Å². The van der Waals surface area contributed by atoms with Crippen molar-refractivity contribution in [3.8, 4) is 0 Å². The summed E-state index contributed by atoms with van der Waals surface area (Å²) in [4.78, 5) is 0. The van der Waals surface area contributed by atoms with Crippen LogP contribution >= 0.6 is 0 Å². The van der Waals surface area contributed by atoms with Crippen LogP contribution in [0.25, 0.3) is 0 Å². The Hall–Kier alpha value is -2.17. The van der Waals surface area contributed by atoms with Crippen molar-refractivity contribution in [3.05, 3.63) is 59.2 Å². The molecule has 2 rings (SSSR count). The topological polar surface area (TPSA) is 38.0 Å². The molecule has 112 valence electrons. The summed E-state index contributed by atoms with van der Waals surface area (Å²) in [7, 11) is 0. The summed E-state index contributed by atoms with van der Waals surface area (Å²) < 4.78 is 37.7. The van der Waals surface area contributed by atoms with Crippen molar-refractivity contribution in [1.29, 1.82) is 0 Å². The van der Waals surface area contributed by atoms with E-state index in [-0.39, 0.29) is 5.69 Å². The molecule has 5 heteroatoms. The fourth-order valence-electron chi connectivity index (χ4n) is 2.17. The first kappa shape index (κ1) is 15.2. The molecular weight excluding hydrogens is 277 g/mol. The highest BCUT2D eigenvalue weighted by molar-refractivity contribution is 5.67. The molecule has 0 unspecified atom stereocenters. The van der Waals surface area contributed by atoms with Gasteiger partial charge in [-0.3, -0.25) is 0 Å². The highest BCUT2D eigenvalue weighted by Crippen LogP contribution is 2.33. The van der Waals surface area contributed by atoms with Crippen LogP contribution < -0.4 is 11.1 Å². The van der Waals surface area contributed by atoms with E-state index in [4.69, 9.17) is 5.73 Å². The molecule has 0 aliphatic carbocycles. The highest BCUT2D eigenvalue weighted by atomic mass is 19.4. The zero-order chi connectivity index (χ0) is 15.5. The summed E-state index contributed by atoms with van der Waals surface area (Å²) in [6.07, 6.45) is -3.47. The number of hydrogen-bond donors (Lipinski definition) is 2. The van der Waals surface area contributed by atoms with Gasteiger partial charge in [0.2, 0.25) is 0 Å². The second-order valence-corrected chi connectivity index (χ2v) is 4.78. The van der Waals surface area contributed by atoms with E-state index in [0.717, 1.165) is 24.1 Å². The first-order chi connectivity index (χ1) is 9.91. The summed E-state index contributed by atoms with van der Waals surface area (Å²) in [5, 5.41) is 3.09. The van der Waals surface area contributed by atoms with Gasteiger partial charge in [0.05, 0.1) is 16.9 Å². The molecule has 0 radical (unpaired) electrons. The van der Waals surface area contributed by atoms with Crippen LogP contribution in [0.15, 0.2) is 42.5 Å². The molecule has 0 spiro atoms. The fourth-order valence-corrected chi connectivity index (χ4v) is 2.17. The SMILES string of the molecule is CCc1ccccc1CNc1ccc(C(F)(F)F)cc1N. The number of anilines is 2. The number of rotatable bonds is 4. The normalized spacial score (nSPS) is 11.4. The van der Waals surface area contributed by atoms with Crippen LogP contribution in [0.3, 0.4) is 0 Å². The zero-order valence-corrected chi connectivity index (χ0v) is 11.7. The van der Waals surface area contributed by atoms with Crippen molar-refractivity contribution in [2.24, 2.45) is 0 Å². The van der Waals surface area contributed by atoms with Crippen molar-refractivity contribution in [3.63, 3.8) is 0 Å². The monoisotopic (exact) mass is 294 g/mol. The standard InChI is InChI=1S/C16H17F3N2/c1-2-11-5-3-4-6-12(11)10-21-15-8-7-13(9-14(15)20)16(17,18)19/h3-9,21H,2,10,20H2,1H3. The molecule has 0 aromatic heterocycles. The van der Waals surface area contributed by atoms with Crippen molar-refractivity contribution < 1.29 is 13.2 Å². The van der Waals surface area contributed by atoms with Gasteiger partial charge in [-0.15, -0.1) is 0 Å². The Kier molecular flexibility index (Phi) is 4.40. The molecule has 0 aliphatic rings. The third-order valence-corrected chi connectivity index (χ3v) is 3.35. The molecule has 2 aromatic rings. The maximum atomic E-state index is 12.6. The molecule has 2 aromatic carbocycles. The van der Waals surface area contributed by atoms with E-state index in [1.807, 2.05) is 24.3 Å². The van der Waals surface area contributed by atoms with Crippen molar-refractivity contribution in [1.82, 2.24) is 0 Å². The van der Waals surface area contributed by atoms with Gasteiger partial charge in [0.1, 0.15) is 0 Å². The van der Waals surface area contributed by atoms with Gasteiger partial charge in [-0.05, 0) is 35.7 Å². The largest absolute Gasteiger partial charge is 0.416 e. The van der Waals surface area contributed by atoms with E-state index in [0.29, 0.717) is 12.2 Å². The van der Waals surface area contributed by atoms with Gasteiger partial charge in [-0.2, -0.15) is 13.2 Å². The smallest absolute Gasteiger partial charge is 0.397 e. The minimum atomic E-state index is -4.37. The molecule has 2 nitrogen and oxygen atoms in total. The van der Waals surface area contributed by atoms with Crippen LogP contribution in [-0.4, -0.2) is 0 Å². The Morgan fingerprint density at radius 3 is 2.29 bits per heavy atom. The first-order valence-corrected chi connectivity index (χ1v) is 6.69. The molecule has 0 bridgehead atoms. The van der Waals surface area contributed by atoms with Gasteiger partial charge in [0, 0.05) is 6.54 Å². The lowest BCUT2D eigenvalue weighted by molar-refractivity contribution is -0.137. The van der Waals surface area contributed by atoms with E-state index < -0.39 is 11.7 Å². The third-order valence-electron chi connectivity index (χ3n) is 3.35. The van der Waals surface area contributed by atoms with Crippen LogP contribution in [-0.2, 0) is 19.1 Å². The second-order valence-electron chi connectivity index (χ2n) is 4.78. The molecule has 0 saturated carbocycles. The van der Waals surface area contributed by atoms with E-state index in [1.54, 1.807) is 0 Å². The molecule has 21 heavy (non-hydrogen) atoms. The predicted molar refractivity (Wildman–Crippen MR) is 79.0 cm³/mol. The Morgan fingerprint density at radius 1 is 1.05 bits per heavy atom. The molecule has 0 fully saturated rings. The minimum absolute atomic E-state index is 0.0961. The Bertz CT molecular complexity index is 621. The van der Waals surface area contributed by atoms with E-state index >= 15 is 0 Å². The number of halogens is 3. The summed E-state index contributed by atoms with van der Waals surface area (Å²) in [5.41, 5.74) is 7.87. The number of nitrogens with two attached hydrogens (primary N) is 1. The third kappa shape index (κ3) is 3.68. The molecule has 0 amide bonds. The van der Waals surface area contributed by atoms with Gasteiger partial charge < -0.3 is 11.1 Å². The lowest BCUT2D eigenvalue weighted by atomic mass is 10.1. The van der Waals surface area contributed by atoms with Gasteiger partial charge >= 0.3 is 6.18 Å². The summed E-state index contributed by atoms with van der Waals surface area (Å²) in [5.74, 6) is 0. The van der Waals surface area contributed by atoms with Crippen LogP contribution in [0.4, 0.5) is 24.5 Å². The lowest BCUT2D eigenvalue weighted by Gasteiger charge is -2.14. The highest BCUT2D eigenvalue weighted by Gasteiger charge is 2.30. The van der Waals surface area contributed by atoms with E-state index in [1.165, 1.54) is 11.6 Å². The number of nitrogen functional groups attached to an aromatic ring is 1. The second kappa shape index (κ2) is 6.08. The molecular formula is C16H17F3N2. The van der Waals surface area contributed by atoms with Crippen LogP contribution in [0.2, 0.25) is 0 Å². The van der Waals surface area contributed by atoms with Crippen LogP contribution in [0, 0.1) is 0 Å². The summed E-state index contributed by atoms with van der Waals surface area (Å²) in [6.45, 7) is 2.59. The quantitative estimate of drug-likeness (QED) is 0.817. The predicted octanol–water partition coefficient (Wildman–Crippen LogP) is 4.46. The number of alkyl halides is 3. The lowest BCUT2D eigenvalue weighted by Crippen LogP contribution is -2.08. The number of benzene rings is 2. The fraction of sp³-hybridized carbons (Fsp3) is 0.250. The molecule has 0 aliphatic heterocycles. The van der Waals surface area contributed by atoms with Gasteiger partial charge in [0.15, 0.2) is 0 Å². The van der Waals surface area contributed by atoms with Crippen LogP contribution in [0.1, 0.15) is 23.6 Å². The molecule has 0 saturated heterocycles. The Morgan fingerprint density at radius 2 is 1.71 bits per heavy atom.